The van der Waals surface area contributed by atoms with Gasteiger partial charge in [-0.15, -0.1) is 11.8 Å². The number of amides is 2. The molecule has 2 aliphatic rings. The van der Waals surface area contributed by atoms with E-state index in [0.29, 0.717) is 0 Å². The van der Waals surface area contributed by atoms with Gasteiger partial charge >= 0.3 is 5.97 Å². The molecule has 0 saturated carbocycles. The van der Waals surface area contributed by atoms with Crippen LogP contribution in [0.1, 0.15) is 5.76 Å². The summed E-state index contributed by atoms with van der Waals surface area (Å²) in [6.07, 6.45) is 1.37. The van der Waals surface area contributed by atoms with E-state index in [-0.39, 0.29) is 28.0 Å². The zero-order chi connectivity index (χ0) is 18.1. The molecule has 3 rings (SSSR count). The summed E-state index contributed by atoms with van der Waals surface area (Å²) in [5, 5.41) is 14.9. The van der Waals surface area contributed by atoms with E-state index in [2.05, 4.69) is 15.3 Å². The Hall–Kier alpha value is -2.46. The van der Waals surface area contributed by atoms with Crippen LogP contribution in [0.3, 0.4) is 0 Å². The largest absolute Gasteiger partial charge is 0.477 e. The van der Waals surface area contributed by atoms with Crippen molar-refractivity contribution >= 4 is 46.9 Å². The first-order valence-electron chi connectivity index (χ1n) is 6.98. The molecular formula is C14H12ClN3O6S. The Bertz CT molecular complexity index is 790. The van der Waals surface area contributed by atoms with Crippen molar-refractivity contribution in [2.75, 3.05) is 12.9 Å². The van der Waals surface area contributed by atoms with E-state index in [0.717, 1.165) is 4.90 Å². The molecule has 3 heterocycles. The van der Waals surface area contributed by atoms with Gasteiger partial charge in [0.05, 0.1) is 11.3 Å². The van der Waals surface area contributed by atoms with Crippen LogP contribution in [0.4, 0.5) is 0 Å². The lowest BCUT2D eigenvalue weighted by molar-refractivity contribution is -0.150. The molecule has 0 bridgehead atoms. The number of carbonyl (C=O) groups is 3. The van der Waals surface area contributed by atoms with Gasteiger partial charge in [0.1, 0.15) is 24.2 Å². The highest BCUT2D eigenvalue weighted by Crippen LogP contribution is 2.41. The van der Waals surface area contributed by atoms with Gasteiger partial charge in [0, 0.05) is 5.75 Å². The van der Waals surface area contributed by atoms with Crippen LogP contribution in [-0.2, 0) is 19.2 Å². The number of β-lactam (4-membered cyclic amide) rings is 1. The number of aliphatic carboxylic acids is 1. The zero-order valence-electron chi connectivity index (χ0n) is 12.8. The minimum Gasteiger partial charge on any atom is -0.477 e. The summed E-state index contributed by atoms with van der Waals surface area (Å²) < 4.78 is 5.12. The molecule has 2 N–H and O–H groups in total. The van der Waals surface area contributed by atoms with Crippen LogP contribution in [0.2, 0.25) is 0 Å². The van der Waals surface area contributed by atoms with Crippen LogP contribution in [0.5, 0.6) is 0 Å². The Balaban J connectivity index is 1.77. The van der Waals surface area contributed by atoms with Crippen LogP contribution in [0.25, 0.3) is 0 Å². The van der Waals surface area contributed by atoms with Crippen LogP contribution in [0.15, 0.2) is 38.7 Å². The number of rotatable bonds is 5. The second kappa shape index (κ2) is 6.81. The van der Waals surface area contributed by atoms with Crippen molar-refractivity contribution in [1.82, 2.24) is 10.2 Å². The van der Waals surface area contributed by atoms with Gasteiger partial charge in [0.25, 0.3) is 11.8 Å². The Morgan fingerprint density at radius 1 is 1.56 bits per heavy atom. The predicted molar refractivity (Wildman–Crippen MR) is 87.8 cm³/mol. The topological polar surface area (TPSA) is 121 Å². The van der Waals surface area contributed by atoms with E-state index >= 15 is 0 Å². The van der Waals surface area contributed by atoms with Crippen LogP contribution >= 0.6 is 23.4 Å². The van der Waals surface area contributed by atoms with Crippen LogP contribution in [0, 0.1) is 0 Å². The number of nitrogens with zero attached hydrogens (tertiary/aromatic N) is 2. The van der Waals surface area contributed by atoms with E-state index in [1.54, 1.807) is 6.07 Å². The van der Waals surface area contributed by atoms with Crippen molar-refractivity contribution in [2.24, 2.45) is 5.16 Å². The van der Waals surface area contributed by atoms with E-state index < -0.39 is 29.2 Å². The quantitative estimate of drug-likeness (QED) is 0.431. The highest BCUT2D eigenvalue weighted by atomic mass is 35.5. The molecule has 1 fully saturated rings. The number of furan rings is 1. The fourth-order valence-corrected chi connectivity index (χ4v) is 4.04. The van der Waals surface area contributed by atoms with E-state index in [4.69, 9.17) is 16.0 Å². The SMILES string of the molecule is CON=C(C(=O)N[C@@H]1C(=O)N2C(C(=O)O)=C(Cl)CS[C@H]12)c1ccco1. The lowest BCUT2D eigenvalue weighted by Gasteiger charge is -2.48. The summed E-state index contributed by atoms with van der Waals surface area (Å²) in [6.45, 7) is 0. The molecule has 25 heavy (non-hydrogen) atoms. The van der Waals surface area contributed by atoms with Crippen LogP contribution < -0.4 is 5.32 Å². The Kier molecular flexibility index (Phi) is 4.73. The maximum absolute atomic E-state index is 12.4. The fraction of sp³-hybridized carbons (Fsp3) is 0.286. The fourth-order valence-electron chi connectivity index (χ4n) is 2.49. The van der Waals surface area contributed by atoms with E-state index in [9.17, 15) is 19.5 Å². The molecule has 0 unspecified atom stereocenters. The van der Waals surface area contributed by atoms with Gasteiger partial charge in [-0.1, -0.05) is 16.8 Å². The summed E-state index contributed by atoms with van der Waals surface area (Å²) in [5.74, 6) is -2.11. The Morgan fingerprint density at radius 3 is 2.92 bits per heavy atom. The average molecular weight is 386 g/mol. The maximum atomic E-state index is 12.4. The van der Waals surface area contributed by atoms with Crippen molar-refractivity contribution in [2.45, 2.75) is 11.4 Å². The highest BCUT2D eigenvalue weighted by molar-refractivity contribution is 8.00. The molecule has 1 aromatic rings. The number of nitrogens with one attached hydrogen (secondary N) is 1. The molecule has 2 aliphatic heterocycles. The molecule has 9 nitrogen and oxygen atoms in total. The minimum atomic E-state index is -1.29. The second-order valence-electron chi connectivity index (χ2n) is 5.02. The second-order valence-corrected chi connectivity index (χ2v) is 6.58. The number of carbonyl (C=O) groups excluding carboxylic acids is 2. The molecule has 0 radical (unpaired) electrons. The molecule has 0 aliphatic carbocycles. The van der Waals surface area contributed by atoms with Crippen molar-refractivity contribution in [1.29, 1.82) is 0 Å². The zero-order valence-corrected chi connectivity index (χ0v) is 14.3. The molecule has 132 valence electrons. The van der Waals surface area contributed by atoms with Crippen LogP contribution in [-0.4, -0.2) is 57.8 Å². The first kappa shape index (κ1) is 17.4. The van der Waals surface area contributed by atoms with E-state index in [1.165, 1.54) is 31.2 Å². The van der Waals surface area contributed by atoms with Gasteiger partial charge in [0.2, 0.25) is 5.71 Å². The molecule has 2 amide bonds. The Morgan fingerprint density at radius 2 is 2.32 bits per heavy atom. The van der Waals surface area contributed by atoms with Crippen molar-refractivity contribution in [3.8, 4) is 0 Å². The summed E-state index contributed by atoms with van der Waals surface area (Å²) >= 11 is 7.16. The number of fused-ring (bicyclic) bond motifs is 1. The molecular weight excluding hydrogens is 374 g/mol. The maximum Gasteiger partial charge on any atom is 0.353 e. The summed E-state index contributed by atoms with van der Waals surface area (Å²) in [4.78, 5) is 41.7. The van der Waals surface area contributed by atoms with Crippen molar-refractivity contribution in [3.63, 3.8) is 0 Å². The van der Waals surface area contributed by atoms with Gasteiger partial charge in [-0.05, 0) is 12.1 Å². The van der Waals surface area contributed by atoms with E-state index in [1.807, 2.05) is 0 Å². The number of thioether (sulfide) groups is 1. The molecule has 0 aromatic carbocycles. The van der Waals surface area contributed by atoms with Gasteiger partial charge in [-0.25, -0.2) is 4.79 Å². The summed E-state index contributed by atoms with van der Waals surface area (Å²) in [7, 11) is 1.27. The van der Waals surface area contributed by atoms with Gasteiger partial charge in [-0.3, -0.25) is 14.5 Å². The van der Waals surface area contributed by atoms with Crippen molar-refractivity contribution in [3.05, 3.63) is 34.9 Å². The lowest BCUT2D eigenvalue weighted by Crippen LogP contribution is -2.70. The summed E-state index contributed by atoms with van der Waals surface area (Å²) in [6, 6.07) is 2.20. The summed E-state index contributed by atoms with van der Waals surface area (Å²) in [5.41, 5.74) is -0.385. The number of hydrogen-bond acceptors (Lipinski definition) is 7. The predicted octanol–water partition coefficient (Wildman–Crippen LogP) is 0.565. The lowest BCUT2D eigenvalue weighted by atomic mass is 10.0. The standard InChI is InChI=1S/C14H12ClN3O6S/c1-23-17-8(7-3-2-4-24-7)11(19)16-9-12(20)18-10(14(21)22)6(15)5-25-13(9)18/h2-4,9,13H,5H2,1H3,(H,16,19)(H,21,22)/t9-,13-/m1/s1. The first-order valence-corrected chi connectivity index (χ1v) is 8.41. The van der Waals surface area contributed by atoms with Gasteiger partial charge in [0.15, 0.2) is 5.76 Å². The number of hydrogen-bond donors (Lipinski definition) is 2. The third kappa shape index (κ3) is 2.98. The molecule has 1 saturated heterocycles. The first-order chi connectivity index (χ1) is 12.0. The number of carboxylic acids is 1. The van der Waals surface area contributed by atoms with Crippen molar-refractivity contribution < 1.29 is 28.7 Å². The van der Waals surface area contributed by atoms with Gasteiger partial charge < -0.3 is 19.7 Å². The molecule has 0 spiro atoms. The third-order valence-electron chi connectivity index (χ3n) is 3.56. The highest BCUT2D eigenvalue weighted by Gasteiger charge is 2.54. The molecule has 1 aromatic heterocycles. The monoisotopic (exact) mass is 385 g/mol. The number of carboxylic acid groups (broad SMARTS) is 1. The normalized spacial score (nSPS) is 23.0. The Labute approximate surface area is 150 Å². The number of oxime groups is 1. The molecule has 2 atom stereocenters. The minimum absolute atomic E-state index is 0.0871. The average Bonchev–Trinajstić information content (AvgIpc) is 3.10. The number of halogens is 1. The third-order valence-corrected chi connectivity index (χ3v) is 5.31. The van der Waals surface area contributed by atoms with Gasteiger partial charge in [-0.2, -0.15) is 0 Å². The smallest absolute Gasteiger partial charge is 0.353 e. The molecule has 11 heteroatoms.